The Bertz CT molecular complexity index is 1030. The van der Waals surface area contributed by atoms with Crippen LogP contribution in [-0.2, 0) is 0 Å². The molecule has 0 spiro atoms. The first-order valence-electron chi connectivity index (χ1n) is 9.39. The third kappa shape index (κ3) is 4.27. The van der Waals surface area contributed by atoms with Gasteiger partial charge in [0.05, 0.1) is 16.8 Å². The standard InChI is InChI=1S/C22H19ClN4O2/c23-17-8-9-19(18(12-17)22(29)27-10-4-5-11-27)26-21(28)16-13-24-20(25-14-16)15-6-2-1-3-7-15/h1-3,6-9,12-14H,4-5,10-11H2,(H,26,28). The summed E-state index contributed by atoms with van der Waals surface area (Å²) in [6.45, 7) is 1.43. The molecule has 0 bridgehead atoms. The maximum Gasteiger partial charge on any atom is 0.258 e. The molecule has 2 amide bonds. The fraction of sp³-hybridized carbons (Fsp3) is 0.182. The Balaban J connectivity index is 1.54. The van der Waals surface area contributed by atoms with Gasteiger partial charge in [-0.25, -0.2) is 9.97 Å². The number of halogens is 1. The molecule has 7 heteroatoms. The van der Waals surface area contributed by atoms with Crippen LogP contribution in [0, 0.1) is 0 Å². The molecular weight excluding hydrogens is 388 g/mol. The lowest BCUT2D eigenvalue weighted by molar-refractivity contribution is 0.0794. The zero-order valence-corrected chi connectivity index (χ0v) is 16.4. The molecular formula is C22H19ClN4O2. The molecule has 0 aliphatic carbocycles. The number of likely N-dealkylation sites (tertiary alicyclic amines) is 1. The Morgan fingerprint density at radius 1 is 0.966 bits per heavy atom. The van der Waals surface area contributed by atoms with Gasteiger partial charge in [0.15, 0.2) is 5.82 Å². The number of benzene rings is 2. The molecule has 1 fully saturated rings. The Morgan fingerprint density at radius 3 is 2.34 bits per heavy atom. The van der Waals surface area contributed by atoms with Gasteiger partial charge in [0.2, 0.25) is 0 Å². The highest BCUT2D eigenvalue weighted by atomic mass is 35.5. The molecule has 4 rings (SSSR count). The van der Waals surface area contributed by atoms with Crippen LogP contribution < -0.4 is 5.32 Å². The summed E-state index contributed by atoms with van der Waals surface area (Å²) in [7, 11) is 0. The number of aromatic nitrogens is 2. The number of nitrogens with one attached hydrogen (secondary N) is 1. The van der Waals surface area contributed by atoms with E-state index in [4.69, 9.17) is 11.6 Å². The maximum absolute atomic E-state index is 12.8. The van der Waals surface area contributed by atoms with E-state index in [0.29, 0.717) is 40.8 Å². The third-order valence-electron chi connectivity index (χ3n) is 4.80. The lowest BCUT2D eigenvalue weighted by Crippen LogP contribution is -2.29. The Hall–Kier alpha value is -3.25. The summed E-state index contributed by atoms with van der Waals surface area (Å²) in [6.07, 6.45) is 4.92. The molecule has 1 aromatic heterocycles. The highest BCUT2D eigenvalue weighted by Gasteiger charge is 2.23. The third-order valence-corrected chi connectivity index (χ3v) is 5.03. The second kappa shape index (κ2) is 8.41. The number of rotatable bonds is 4. The number of anilines is 1. The van der Waals surface area contributed by atoms with E-state index in [0.717, 1.165) is 18.4 Å². The van der Waals surface area contributed by atoms with Crippen LogP contribution in [0.15, 0.2) is 60.9 Å². The van der Waals surface area contributed by atoms with Crippen LogP contribution in [0.3, 0.4) is 0 Å². The fourth-order valence-electron chi connectivity index (χ4n) is 3.27. The van der Waals surface area contributed by atoms with Gasteiger partial charge in [-0.2, -0.15) is 0 Å². The van der Waals surface area contributed by atoms with Crippen LogP contribution >= 0.6 is 11.6 Å². The van der Waals surface area contributed by atoms with E-state index in [9.17, 15) is 9.59 Å². The molecule has 2 aromatic carbocycles. The van der Waals surface area contributed by atoms with E-state index >= 15 is 0 Å². The van der Waals surface area contributed by atoms with Gasteiger partial charge in [0, 0.05) is 36.1 Å². The number of carbonyl (C=O) groups is 2. The predicted molar refractivity (Wildman–Crippen MR) is 112 cm³/mol. The zero-order chi connectivity index (χ0) is 20.2. The SMILES string of the molecule is O=C(Nc1ccc(Cl)cc1C(=O)N1CCCC1)c1cnc(-c2ccccc2)nc1. The minimum atomic E-state index is -0.387. The van der Waals surface area contributed by atoms with E-state index in [1.807, 2.05) is 30.3 Å². The van der Waals surface area contributed by atoms with Gasteiger partial charge in [-0.05, 0) is 31.0 Å². The van der Waals surface area contributed by atoms with Gasteiger partial charge in [0.1, 0.15) is 0 Å². The summed E-state index contributed by atoms with van der Waals surface area (Å²) in [4.78, 5) is 35.9. The van der Waals surface area contributed by atoms with Crippen molar-refractivity contribution in [2.24, 2.45) is 0 Å². The summed E-state index contributed by atoms with van der Waals surface area (Å²) in [5.41, 5.74) is 1.98. The van der Waals surface area contributed by atoms with Gasteiger partial charge in [-0.15, -0.1) is 0 Å². The molecule has 0 unspecified atom stereocenters. The van der Waals surface area contributed by atoms with Crippen molar-refractivity contribution in [1.82, 2.24) is 14.9 Å². The van der Waals surface area contributed by atoms with Crippen LogP contribution in [0.25, 0.3) is 11.4 Å². The molecule has 1 aliphatic rings. The predicted octanol–water partition coefficient (Wildman–Crippen LogP) is 4.29. The molecule has 146 valence electrons. The van der Waals surface area contributed by atoms with E-state index in [-0.39, 0.29) is 11.8 Å². The van der Waals surface area contributed by atoms with Crippen molar-refractivity contribution in [2.45, 2.75) is 12.8 Å². The zero-order valence-electron chi connectivity index (χ0n) is 15.6. The van der Waals surface area contributed by atoms with Crippen LogP contribution in [0.5, 0.6) is 0 Å². The average Bonchev–Trinajstić information content (AvgIpc) is 3.30. The van der Waals surface area contributed by atoms with Gasteiger partial charge >= 0.3 is 0 Å². The van der Waals surface area contributed by atoms with Crippen molar-refractivity contribution in [2.75, 3.05) is 18.4 Å². The normalized spacial score (nSPS) is 13.3. The van der Waals surface area contributed by atoms with Crippen LogP contribution in [-0.4, -0.2) is 39.8 Å². The monoisotopic (exact) mass is 406 g/mol. The highest BCUT2D eigenvalue weighted by molar-refractivity contribution is 6.31. The number of nitrogens with zero attached hydrogens (tertiary/aromatic N) is 3. The second-order valence-corrected chi connectivity index (χ2v) is 7.24. The smallest absolute Gasteiger partial charge is 0.258 e. The number of hydrogen-bond donors (Lipinski definition) is 1. The van der Waals surface area contributed by atoms with E-state index in [1.54, 1.807) is 23.1 Å². The molecule has 6 nitrogen and oxygen atoms in total. The summed E-state index contributed by atoms with van der Waals surface area (Å²) in [6, 6.07) is 14.4. The molecule has 1 saturated heterocycles. The minimum absolute atomic E-state index is 0.129. The topological polar surface area (TPSA) is 75.2 Å². The number of hydrogen-bond acceptors (Lipinski definition) is 4. The number of carbonyl (C=O) groups excluding carboxylic acids is 2. The lowest BCUT2D eigenvalue weighted by atomic mass is 10.1. The van der Waals surface area contributed by atoms with E-state index < -0.39 is 0 Å². The first kappa shape index (κ1) is 19.1. The van der Waals surface area contributed by atoms with Crippen molar-refractivity contribution in [3.05, 3.63) is 77.1 Å². The van der Waals surface area contributed by atoms with Gasteiger partial charge in [-0.1, -0.05) is 41.9 Å². The summed E-state index contributed by atoms with van der Waals surface area (Å²) in [5, 5.41) is 3.24. The van der Waals surface area contributed by atoms with Gasteiger partial charge in [-0.3, -0.25) is 9.59 Å². The molecule has 0 atom stereocenters. The maximum atomic E-state index is 12.8. The van der Waals surface area contributed by atoms with Crippen molar-refractivity contribution < 1.29 is 9.59 Å². The summed E-state index contributed by atoms with van der Waals surface area (Å²) >= 11 is 6.09. The molecule has 0 saturated carbocycles. The van der Waals surface area contributed by atoms with Crippen molar-refractivity contribution in [1.29, 1.82) is 0 Å². The summed E-state index contributed by atoms with van der Waals surface area (Å²) in [5.74, 6) is 0.0249. The Morgan fingerprint density at radius 2 is 1.66 bits per heavy atom. The second-order valence-electron chi connectivity index (χ2n) is 6.80. The van der Waals surface area contributed by atoms with Gasteiger partial charge < -0.3 is 10.2 Å². The molecule has 1 N–H and O–H groups in total. The Labute approximate surface area is 173 Å². The molecule has 3 aromatic rings. The minimum Gasteiger partial charge on any atom is -0.339 e. The van der Waals surface area contributed by atoms with Crippen molar-refractivity contribution >= 4 is 29.1 Å². The fourth-order valence-corrected chi connectivity index (χ4v) is 3.44. The average molecular weight is 407 g/mol. The largest absolute Gasteiger partial charge is 0.339 e. The van der Waals surface area contributed by atoms with Crippen LogP contribution in [0.4, 0.5) is 5.69 Å². The Kier molecular flexibility index (Phi) is 5.53. The quantitative estimate of drug-likeness (QED) is 0.701. The lowest BCUT2D eigenvalue weighted by Gasteiger charge is -2.18. The molecule has 29 heavy (non-hydrogen) atoms. The number of amides is 2. The van der Waals surface area contributed by atoms with Crippen molar-refractivity contribution in [3.8, 4) is 11.4 Å². The highest BCUT2D eigenvalue weighted by Crippen LogP contribution is 2.24. The van der Waals surface area contributed by atoms with E-state index in [1.165, 1.54) is 12.4 Å². The molecule has 0 radical (unpaired) electrons. The van der Waals surface area contributed by atoms with Crippen LogP contribution in [0.1, 0.15) is 33.6 Å². The van der Waals surface area contributed by atoms with E-state index in [2.05, 4.69) is 15.3 Å². The van der Waals surface area contributed by atoms with Crippen molar-refractivity contribution in [3.63, 3.8) is 0 Å². The first-order valence-corrected chi connectivity index (χ1v) is 9.77. The molecule has 1 aliphatic heterocycles. The van der Waals surface area contributed by atoms with Crippen LogP contribution in [0.2, 0.25) is 5.02 Å². The molecule has 2 heterocycles. The first-order chi connectivity index (χ1) is 14.1. The van der Waals surface area contributed by atoms with Gasteiger partial charge in [0.25, 0.3) is 11.8 Å². The summed E-state index contributed by atoms with van der Waals surface area (Å²) < 4.78 is 0.